The molecule has 3 nitrogen and oxygen atoms in total. The van der Waals surface area contributed by atoms with Gasteiger partial charge in [-0.1, -0.05) is 30.7 Å². The van der Waals surface area contributed by atoms with Crippen LogP contribution in [0.1, 0.15) is 32.6 Å². The van der Waals surface area contributed by atoms with Crippen LogP contribution in [0.4, 0.5) is 13.2 Å². The van der Waals surface area contributed by atoms with Gasteiger partial charge in [-0.15, -0.1) is 0 Å². The summed E-state index contributed by atoms with van der Waals surface area (Å²) in [5.41, 5.74) is -2.54. The Morgan fingerprint density at radius 2 is 1.62 bits per heavy atom. The molecule has 134 valence electrons. The highest BCUT2D eigenvalue weighted by Crippen LogP contribution is 2.68. The molecular weight excluding hydrogens is 363 g/mol. The Morgan fingerprint density at radius 1 is 1.08 bits per heavy atom. The van der Waals surface area contributed by atoms with Gasteiger partial charge >= 0.3 is 6.18 Å². The van der Waals surface area contributed by atoms with Gasteiger partial charge in [0.1, 0.15) is 4.90 Å². The number of piperidine rings is 1. The molecule has 1 aliphatic heterocycles. The molecule has 1 heterocycles. The minimum atomic E-state index is -4.32. The molecule has 2 aliphatic rings. The van der Waals surface area contributed by atoms with Crippen LogP contribution in [0.15, 0.2) is 29.2 Å². The van der Waals surface area contributed by atoms with Crippen molar-refractivity contribution in [1.82, 2.24) is 4.31 Å². The largest absolute Gasteiger partial charge is 0.395 e. The van der Waals surface area contributed by atoms with Crippen LogP contribution in [0, 0.1) is 10.8 Å². The zero-order valence-corrected chi connectivity index (χ0v) is 14.8. The first-order valence-corrected chi connectivity index (χ1v) is 9.67. The number of benzene rings is 1. The quantitative estimate of drug-likeness (QED) is 0.774. The van der Waals surface area contributed by atoms with E-state index in [0.717, 1.165) is 4.31 Å². The third kappa shape index (κ3) is 2.65. The van der Waals surface area contributed by atoms with Crippen LogP contribution in [0.2, 0.25) is 5.02 Å². The Balaban J connectivity index is 1.86. The number of hydrogen-bond acceptors (Lipinski definition) is 2. The van der Waals surface area contributed by atoms with E-state index in [2.05, 4.69) is 0 Å². The maximum Gasteiger partial charge on any atom is 0.395 e. The van der Waals surface area contributed by atoms with Gasteiger partial charge in [-0.2, -0.15) is 17.5 Å². The topological polar surface area (TPSA) is 37.4 Å². The van der Waals surface area contributed by atoms with E-state index < -0.39 is 27.0 Å². The lowest BCUT2D eigenvalue weighted by Gasteiger charge is -2.46. The second kappa shape index (κ2) is 5.61. The lowest BCUT2D eigenvalue weighted by atomic mass is 9.66. The Kier molecular flexibility index (Phi) is 4.21. The molecular formula is C16H19ClF3NO2S. The molecule has 2 fully saturated rings. The molecule has 0 aromatic heterocycles. The monoisotopic (exact) mass is 381 g/mol. The van der Waals surface area contributed by atoms with E-state index in [-0.39, 0.29) is 35.8 Å². The summed E-state index contributed by atoms with van der Waals surface area (Å²) in [6.07, 6.45) is -3.63. The van der Waals surface area contributed by atoms with E-state index in [4.69, 9.17) is 11.6 Å². The van der Waals surface area contributed by atoms with Gasteiger partial charge in [0.2, 0.25) is 10.0 Å². The van der Waals surface area contributed by atoms with Gasteiger partial charge in [-0.25, -0.2) is 8.42 Å². The highest BCUT2D eigenvalue weighted by molar-refractivity contribution is 7.89. The lowest BCUT2D eigenvalue weighted by molar-refractivity contribution is -0.259. The molecule has 0 radical (unpaired) electrons. The summed E-state index contributed by atoms with van der Waals surface area (Å²) in [5, 5.41) is 0.0827. The molecule has 0 unspecified atom stereocenters. The molecule has 1 saturated carbocycles. The van der Waals surface area contributed by atoms with Crippen LogP contribution in [-0.4, -0.2) is 32.0 Å². The average molecular weight is 382 g/mol. The molecule has 1 aliphatic carbocycles. The van der Waals surface area contributed by atoms with Gasteiger partial charge in [0, 0.05) is 13.1 Å². The van der Waals surface area contributed by atoms with E-state index in [1.807, 2.05) is 0 Å². The van der Waals surface area contributed by atoms with Crippen molar-refractivity contribution in [2.24, 2.45) is 10.8 Å². The molecule has 1 aromatic carbocycles. The van der Waals surface area contributed by atoms with Crippen molar-refractivity contribution in [3.8, 4) is 0 Å². The molecule has 0 amide bonds. The first-order chi connectivity index (χ1) is 11.0. The highest BCUT2D eigenvalue weighted by Gasteiger charge is 2.69. The molecule has 0 atom stereocenters. The number of hydrogen-bond donors (Lipinski definition) is 0. The molecule has 1 saturated heterocycles. The molecule has 0 bridgehead atoms. The Morgan fingerprint density at radius 3 is 2.08 bits per heavy atom. The SMILES string of the molecule is CC1(C2(C(F)(F)F)CCN(S(=O)(=O)c3ccccc3Cl)CC2)CC1. The Bertz CT molecular complexity index is 729. The number of alkyl halides is 3. The molecule has 0 N–H and O–H groups in total. The number of rotatable bonds is 3. The Hall–Kier alpha value is -0.790. The lowest BCUT2D eigenvalue weighted by Crippen LogP contribution is -2.53. The fourth-order valence-corrected chi connectivity index (χ4v) is 5.73. The maximum atomic E-state index is 13.8. The zero-order valence-electron chi connectivity index (χ0n) is 13.2. The van der Waals surface area contributed by atoms with Gasteiger partial charge in [-0.05, 0) is 43.2 Å². The normalized spacial score (nSPS) is 23.9. The second-order valence-corrected chi connectivity index (χ2v) is 9.29. The van der Waals surface area contributed by atoms with Crippen LogP contribution in [-0.2, 0) is 10.0 Å². The molecule has 3 rings (SSSR count). The summed E-state index contributed by atoms with van der Waals surface area (Å²) in [5.74, 6) is 0. The van der Waals surface area contributed by atoms with E-state index in [1.165, 1.54) is 12.1 Å². The van der Waals surface area contributed by atoms with E-state index in [0.29, 0.717) is 12.8 Å². The van der Waals surface area contributed by atoms with Crippen molar-refractivity contribution in [3.63, 3.8) is 0 Å². The van der Waals surface area contributed by atoms with Gasteiger partial charge in [0.25, 0.3) is 0 Å². The second-order valence-electron chi connectivity index (χ2n) is 6.98. The minimum Gasteiger partial charge on any atom is -0.207 e. The number of nitrogens with zero attached hydrogens (tertiary/aromatic N) is 1. The highest BCUT2D eigenvalue weighted by atomic mass is 35.5. The van der Waals surface area contributed by atoms with Crippen molar-refractivity contribution in [2.45, 2.75) is 43.7 Å². The van der Waals surface area contributed by atoms with Crippen molar-refractivity contribution < 1.29 is 21.6 Å². The number of halogens is 4. The summed E-state index contributed by atoms with van der Waals surface area (Å²) in [6, 6.07) is 6.00. The van der Waals surface area contributed by atoms with Crippen molar-refractivity contribution in [3.05, 3.63) is 29.3 Å². The van der Waals surface area contributed by atoms with E-state index in [9.17, 15) is 21.6 Å². The third-order valence-electron chi connectivity index (χ3n) is 5.73. The van der Waals surface area contributed by atoms with Crippen LogP contribution >= 0.6 is 11.6 Å². The smallest absolute Gasteiger partial charge is 0.207 e. The van der Waals surface area contributed by atoms with Crippen LogP contribution in [0.25, 0.3) is 0 Å². The van der Waals surface area contributed by atoms with Gasteiger partial charge in [-0.3, -0.25) is 0 Å². The fraction of sp³-hybridized carbons (Fsp3) is 0.625. The molecule has 1 aromatic rings. The van der Waals surface area contributed by atoms with E-state index >= 15 is 0 Å². The van der Waals surface area contributed by atoms with Crippen LogP contribution in [0.3, 0.4) is 0 Å². The summed E-state index contributed by atoms with van der Waals surface area (Å²) in [6.45, 7) is 1.39. The predicted molar refractivity (Wildman–Crippen MR) is 85.3 cm³/mol. The summed E-state index contributed by atoms with van der Waals surface area (Å²) in [4.78, 5) is -0.0520. The first-order valence-electron chi connectivity index (χ1n) is 7.85. The molecule has 24 heavy (non-hydrogen) atoms. The molecule has 8 heteroatoms. The van der Waals surface area contributed by atoms with Gasteiger partial charge < -0.3 is 0 Å². The molecule has 0 spiro atoms. The summed E-state index contributed by atoms with van der Waals surface area (Å²) in [7, 11) is -3.88. The van der Waals surface area contributed by atoms with Crippen LogP contribution in [0.5, 0.6) is 0 Å². The summed E-state index contributed by atoms with van der Waals surface area (Å²) >= 11 is 5.95. The van der Waals surface area contributed by atoms with Crippen molar-refractivity contribution in [2.75, 3.05) is 13.1 Å². The first kappa shape index (κ1) is 18.0. The van der Waals surface area contributed by atoms with Gasteiger partial charge in [0.15, 0.2) is 0 Å². The van der Waals surface area contributed by atoms with Crippen molar-refractivity contribution >= 4 is 21.6 Å². The predicted octanol–water partition coefficient (Wildman–Crippen LogP) is 4.47. The zero-order chi connectivity index (χ0) is 17.8. The van der Waals surface area contributed by atoms with Crippen molar-refractivity contribution in [1.29, 1.82) is 0 Å². The maximum absolute atomic E-state index is 13.8. The Labute approximate surface area is 144 Å². The van der Waals surface area contributed by atoms with E-state index in [1.54, 1.807) is 19.1 Å². The average Bonchev–Trinajstić information content (AvgIpc) is 3.26. The summed E-state index contributed by atoms with van der Waals surface area (Å²) < 4.78 is 67.8. The van der Waals surface area contributed by atoms with Gasteiger partial charge in [0.05, 0.1) is 10.4 Å². The third-order valence-corrected chi connectivity index (χ3v) is 8.13. The van der Waals surface area contributed by atoms with Crippen LogP contribution < -0.4 is 0 Å². The standard InChI is InChI=1S/C16H19ClF3NO2S/c1-14(6-7-14)15(16(18,19)20)8-10-21(11-9-15)24(22,23)13-5-3-2-4-12(13)17/h2-5H,6-11H2,1H3. The fourth-order valence-electron chi connectivity index (χ4n) is 3.80. The minimum absolute atomic E-state index is 0.0520. The number of sulfonamides is 1.